The Morgan fingerprint density at radius 1 is 1.15 bits per heavy atom. The van der Waals surface area contributed by atoms with Crippen LogP contribution < -0.4 is 15.0 Å². The monoisotopic (exact) mass is 484 g/mol. The molecule has 8 nitrogen and oxygen atoms in total. The first-order valence-electron chi connectivity index (χ1n) is 10.4. The summed E-state index contributed by atoms with van der Waals surface area (Å²) in [5, 5.41) is 13.7. The van der Waals surface area contributed by atoms with Crippen molar-refractivity contribution in [2.24, 2.45) is 5.18 Å². The second-order valence-corrected chi connectivity index (χ2v) is 8.08. The van der Waals surface area contributed by atoms with Gasteiger partial charge >= 0.3 is 5.97 Å². The molecule has 3 aromatic carbocycles. The van der Waals surface area contributed by atoms with Crippen LogP contribution in [-0.4, -0.2) is 25.4 Å². The van der Waals surface area contributed by atoms with Gasteiger partial charge in [0.25, 0.3) is 0 Å². The number of halogens is 1. The fourth-order valence-corrected chi connectivity index (χ4v) is 3.90. The third-order valence-electron chi connectivity index (χ3n) is 5.28. The van der Waals surface area contributed by atoms with Crippen LogP contribution >= 0.6 is 11.6 Å². The van der Waals surface area contributed by atoms with Gasteiger partial charge in [-0.2, -0.15) is 0 Å². The molecule has 0 aliphatic heterocycles. The summed E-state index contributed by atoms with van der Waals surface area (Å²) in [6.45, 7) is 3.86. The lowest BCUT2D eigenvalue weighted by atomic mass is 9.96. The maximum atomic E-state index is 13.0. The number of nitrogens with one attached hydrogen (secondary N) is 1. The summed E-state index contributed by atoms with van der Waals surface area (Å²) in [6.07, 6.45) is 1.44. The molecule has 1 atom stereocenters. The predicted molar refractivity (Wildman–Crippen MR) is 132 cm³/mol. The van der Waals surface area contributed by atoms with E-state index in [2.05, 4.69) is 10.7 Å². The summed E-state index contributed by atoms with van der Waals surface area (Å²) in [7, 11) is 2.89. The molecule has 3 aromatic rings. The molecule has 0 bridgehead atoms. The number of esters is 1. The highest BCUT2D eigenvalue weighted by Crippen LogP contribution is 2.48. The number of carbonyl (C=O) groups is 1. The molecule has 0 heterocycles. The van der Waals surface area contributed by atoms with Gasteiger partial charge in [-0.05, 0) is 49.4 Å². The van der Waals surface area contributed by atoms with Gasteiger partial charge in [-0.15, -0.1) is 4.91 Å². The van der Waals surface area contributed by atoms with E-state index in [1.54, 1.807) is 30.3 Å². The fraction of sp³-hybridized carbons (Fsp3) is 0.240. The number of nitroso groups, excluding NO2 is 1. The second-order valence-electron chi connectivity index (χ2n) is 7.68. The lowest BCUT2D eigenvalue weighted by Crippen LogP contribution is -2.13. The molecular weight excluding hydrogens is 460 g/mol. The molecule has 178 valence electrons. The summed E-state index contributed by atoms with van der Waals surface area (Å²) < 4.78 is 17.2. The van der Waals surface area contributed by atoms with Crippen LogP contribution in [-0.2, 0) is 4.74 Å². The minimum Gasteiger partial charge on any atom is -0.496 e. The molecule has 0 aliphatic rings. The van der Waals surface area contributed by atoms with E-state index < -0.39 is 12.1 Å². The van der Waals surface area contributed by atoms with Crippen LogP contribution in [0.5, 0.6) is 11.5 Å². The Bertz CT molecular complexity index is 1250. The van der Waals surface area contributed by atoms with E-state index >= 15 is 0 Å². The van der Waals surface area contributed by atoms with Gasteiger partial charge in [-0.3, -0.25) is 10.7 Å². The quantitative estimate of drug-likeness (QED) is 0.146. The van der Waals surface area contributed by atoms with Crippen LogP contribution in [0.25, 0.3) is 10.8 Å². The molecule has 0 aromatic heterocycles. The summed E-state index contributed by atoms with van der Waals surface area (Å²) in [5.74, 6) is -0.0242. The molecule has 0 aliphatic carbocycles. The standard InChI is InChI=1S/C25H25ClN2O6/c1-14(2)9-12-20(34-25(29)15-7-5-6-8-17(15)26)16-13-21(32-3)22-18(27-30)10-11-19(28-31)23(22)24(16)33-4/h5-11,13,20,27,30H,12H2,1-4H3/t20-/m0/s1. The zero-order valence-electron chi connectivity index (χ0n) is 19.2. The van der Waals surface area contributed by atoms with Gasteiger partial charge in [0.15, 0.2) is 0 Å². The van der Waals surface area contributed by atoms with Crippen LogP contribution in [0.2, 0.25) is 5.02 Å². The summed E-state index contributed by atoms with van der Waals surface area (Å²) in [5.41, 5.74) is 4.18. The van der Waals surface area contributed by atoms with Gasteiger partial charge in [0.2, 0.25) is 0 Å². The number of benzene rings is 3. The van der Waals surface area contributed by atoms with E-state index in [1.807, 2.05) is 19.9 Å². The lowest BCUT2D eigenvalue weighted by Gasteiger charge is -2.23. The van der Waals surface area contributed by atoms with Gasteiger partial charge < -0.3 is 14.2 Å². The number of anilines is 1. The van der Waals surface area contributed by atoms with Crippen molar-refractivity contribution in [3.8, 4) is 11.5 Å². The Labute approximate surface area is 202 Å². The third kappa shape index (κ3) is 4.98. The Morgan fingerprint density at radius 3 is 2.47 bits per heavy atom. The Hall–Kier alpha value is -3.62. The number of hydrogen-bond acceptors (Lipinski definition) is 8. The molecule has 3 rings (SSSR count). The smallest absolute Gasteiger partial charge is 0.340 e. The first-order chi connectivity index (χ1) is 16.4. The number of carbonyl (C=O) groups excluding carboxylic acids is 1. The van der Waals surface area contributed by atoms with Crippen molar-refractivity contribution in [3.63, 3.8) is 0 Å². The molecule has 9 heteroatoms. The van der Waals surface area contributed by atoms with Gasteiger partial charge in [0, 0.05) is 12.0 Å². The van der Waals surface area contributed by atoms with E-state index in [4.69, 9.17) is 25.8 Å². The zero-order valence-corrected chi connectivity index (χ0v) is 20.0. The highest BCUT2D eigenvalue weighted by atomic mass is 35.5. The largest absolute Gasteiger partial charge is 0.496 e. The van der Waals surface area contributed by atoms with E-state index in [1.165, 1.54) is 26.4 Å². The lowest BCUT2D eigenvalue weighted by molar-refractivity contribution is 0.0298. The molecule has 0 unspecified atom stereocenters. The Balaban J connectivity index is 2.27. The van der Waals surface area contributed by atoms with E-state index in [0.717, 1.165) is 5.57 Å². The fourth-order valence-electron chi connectivity index (χ4n) is 3.69. The van der Waals surface area contributed by atoms with E-state index in [0.29, 0.717) is 28.5 Å². The van der Waals surface area contributed by atoms with Crippen molar-refractivity contribution in [1.82, 2.24) is 0 Å². The first-order valence-corrected chi connectivity index (χ1v) is 10.8. The van der Waals surface area contributed by atoms with Crippen molar-refractivity contribution in [3.05, 3.63) is 75.2 Å². The van der Waals surface area contributed by atoms with Crippen molar-refractivity contribution < 1.29 is 24.2 Å². The van der Waals surface area contributed by atoms with Crippen molar-refractivity contribution in [2.45, 2.75) is 26.4 Å². The molecule has 34 heavy (non-hydrogen) atoms. The minimum atomic E-state index is -0.808. The number of fused-ring (bicyclic) bond motifs is 1. The zero-order chi connectivity index (χ0) is 24.8. The van der Waals surface area contributed by atoms with Crippen LogP contribution in [0.3, 0.4) is 0 Å². The number of methoxy groups -OCH3 is 2. The van der Waals surface area contributed by atoms with Gasteiger partial charge in [-0.1, -0.05) is 35.4 Å². The summed E-state index contributed by atoms with van der Waals surface area (Å²) in [6, 6.07) is 11.2. The van der Waals surface area contributed by atoms with Crippen LogP contribution in [0.15, 0.2) is 59.3 Å². The molecule has 0 radical (unpaired) electrons. The van der Waals surface area contributed by atoms with Gasteiger partial charge in [0.05, 0.1) is 41.3 Å². The predicted octanol–water partition coefficient (Wildman–Crippen LogP) is 6.96. The minimum absolute atomic E-state index is 0.0735. The van der Waals surface area contributed by atoms with Crippen LogP contribution in [0.4, 0.5) is 11.4 Å². The highest BCUT2D eigenvalue weighted by Gasteiger charge is 2.27. The number of hydrogen-bond donors (Lipinski definition) is 2. The SMILES string of the molecule is COc1cc([C@H](CC=C(C)C)OC(=O)c2ccccc2Cl)c(OC)c2c(N=O)ccc(NO)c12. The van der Waals surface area contributed by atoms with Crippen LogP contribution in [0, 0.1) is 4.91 Å². The molecule has 2 N–H and O–H groups in total. The summed E-state index contributed by atoms with van der Waals surface area (Å²) >= 11 is 6.20. The maximum Gasteiger partial charge on any atom is 0.340 e. The Kier molecular flexibility index (Phi) is 8.09. The van der Waals surface area contributed by atoms with Crippen molar-refractivity contribution >= 4 is 39.7 Å². The average Bonchev–Trinajstić information content (AvgIpc) is 2.84. The van der Waals surface area contributed by atoms with Gasteiger partial charge in [-0.25, -0.2) is 4.79 Å². The normalized spacial score (nSPS) is 11.5. The third-order valence-corrected chi connectivity index (χ3v) is 5.61. The molecular formula is C25H25ClN2O6. The van der Waals surface area contributed by atoms with Crippen LogP contribution in [0.1, 0.15) is 42.3 Å². The molecule has 0 saturated heterocycles. The number of nitrogens with zero attached hydrogens (tertiary/aromatic N) is 1. The number of rotatable bonds is 9. The molecule has 0 fully saturated rings. The number of allylic oxidation sites excluding steroid dienone is 1. The number of ether oxygens (including phenoxy) is 3. The molecule has 0 saturated carbocycles. The topological polar surface area (TPSA) is 106 Å². The summed E-state index contributed by atoms with van der Waals surface area (Å²) in [4.78, 5) is 24.7. The highest BCUT2D eigenvalue weighted by molar-refractivity contribution is 6.33. The van der Waals surface area contributed by atoms with Crippen molar-refractivity contribution in [2.75, 3.05) is 19.7 Å². The van der Waals surface area contributed by atoms with E-state index in [-0.39, 0.29) is 27.7 Å². The molecule has 0 amide bonds. The first kappa shape index (κ1) is 25.0. The van der Waals surface area contributed by atoms with Crippen molar-refractivity contribution in [1.29, 1.82) is 0 Å². The maximum absolute atomic E-state index is 13.0. The van der Waals surface area contributed by atoms with Gasteiger partial charge in [0.1, 0.15) is 23.3 Å². The average molecular weight is 485 g/mol. The molecule has 0 spiro atoms. The van der Waals surface area contributed by atoms with E-state index in [9.17, 15) is 14.9 Å². The Morgan fingerprint density at radius 2 is 1.88 bits per heavy atom. The second kappa shape index (κ2) is 11.0.